The Hall–Kier alpha value is -2.85. The molecule has 3 aromatic carbocycles. The molecule has 0 fully saturated rings. The summed E-state index contributed by atoms with van der Waals surface area (Å²) in [6, 6.07) is 32.5. The summed E-state index contributed by atoms with van der Waals surface area (Å²) in [6.07, 6.45) is 0. The van der Waals surface area contributed by atoms with Gasteiger partial charge in [-0.15, -0.1) is 0 Å². The first-order chi connectivity index (χ1) is 10.4. The van der Waals surface area contributed by atoms with Crippen LogP contribution in [0.25, 0.3) is 0 Å². The van der Waals surface area contributed by atoms with E-state index in [4.69, 9.17) is 0 Å². The Morgan fingerprint density at radius 2 is 0.810 bits per heavy atom. The van der Waals surface area contributed by atoms with Crippen LogP contribution in [0, 0.1) is 11.3 Å². The van der Waals surface area contributed by atoms with Crippen LogP contribution in [0.3, 0.4) is 0 Å². The van der Waals surface area contributed by atoms with Crippen LogP contribution in [0.15, 0.2) is 91.0 Å². The topological polar surface area (TPSA) is 23.8 Å². The summed E-state index contributed by atoms with van der Waals surface area (Å²) in [4.78, 5) is 0. The fourth-order valence-electron chi connectivity index (χ4n) is 2.76. The molecule has 0 saturated heterocycles. The number of benzene rings is 3. The van der Waals surface area contributed by atoms with Gasteiger partial charge in [-0.2, -0.15) is 5.26 Å². The van der Waals surface area contributed by atoms with Crippen LogP contribution in [0.5, 0.6) is 0 Å². The van der Waals surface area contributed by atoms with Gasteiger partial charge in [0.15, 0.2) is 0 Å². The average molecular weight is 269 g/mol. The molecular weight excluding hydrogens is 254 g/mol. The number of nitriles is 1. The Bertz CT molecular complexity index is 643. The molecule has 0 aromatic heterocycles. The van der Waals surface area contributed by atoms with Crippen molar-refractivity contribution in [3.63, 3.8) is 0 Å². The highest BCUT2D eigenvalue weighted by Gasteiger charge is 2.36. The Morgan fingerprint density at radius 3 is 1.05 bits per heavy atom. The zero-order valence-electron chi connectivity index (χ0n) is 11.6. The molecule has 3 aromatic rings. The molecule has 0 heterocycles. The van der Waals surface area contributed by atoms with E-state index in [9.17, 15) is 5.26 Å². The van der Waals surface area contributed by atoms with Crippen molar-refractivity contribution in [2.75, 3.05) is 0 Å². The minimum absolute atomic E-state index is 0.774. The molecule has 0 bridgehead atoms. The van der Waals surface area contributed by atoms with E-state index in [-0.39, 0.29) is 0 Å². The third kappa shape index (κ3) is 2.22. The fourth-order valence-corrected chi connectivity index (χ4v) is 2.76. The van der Waals surface area contributed by atoms with Gasteiger partial charge in [-0.3, -0.25) is 0 Å². The summed E-state index contributed by atoms with van der Waals surface area (Å²) >= 11 is 0. The van der Waals surface area contributed by atoms with Gasteiger partial charge in [0.1, 0.15) is 5.41 Å². The molecule has 0 saturated carbocycles. The van der Waals surface area contributed by atoms with Gasteiger partial charge in [0.05, 0.1) is 6.07 Å². The molecule has 0 aliphatic carbocycles. The van der Waals surface area contributed by atoms with E-state index in [1.54, 1.807) is 0 Å². The second-order valence-corrected chi connectivity index (χ2v) is 4.96. The number of rotatable bonds is 3. The first-order valence-electron chi connectivity index (χ1n) is 6.96. The van der Waals surface area contributed by atoms with Crippen LogP contribution in [-0.2, 0) is 5.41 Å². The van der Waals surface area contributed by atoms with Gasteiger partial charge in [0, 0.05) is 0 Å². The first kappa shape index (κ1) is 13.1. The van der Waals surface area contributed by atoms with Crippen LogP contribution >= 0.6 is 0 Å². The highest BCUT2D eigenvalue weighted by Crippen LogP contribution is 2.38. The summed E-state index contributed by atoms with van der Waals surface area (Å²) in [5.74, 6) is 0. The van der Waals surface area contributed by atoms with Gasteiger partial charge < -0.3 is 0 Å². The largest absolute Gasteiger partial charge is 0.197 e. The van der Waals surface area contributed by atoms with E-state index in [1.165, 1.54) is 0 Å². The third-order valence-electron chi connectivity index (χ3n) is 3.79. The molecular formula is C20H15N. The highest BCUT2D eigenvalue weighted by molar-refractivity contribution is 5.56. The van der Waals surface area contributed by atoms with Crippen molar-refractivity contribution in [3.05, 3.63) is 108 Å². The Morgan fingerprint density at radius 1 is 0.524 bits per heavy atom. The van der Waals surface area contributed by atoms with Gasteiger partial charge >= 0.3 is 0 Å². The molecule has 0 atom stereocenters. The van der Waals surface area contributed by atoms with Crippen molar-refractivity contribution < 1.29 is 0 Å². The molecule has 0 aliphatic heterocycles. The first-order valence-corrected chi connectivity index (χ1v) is 6.96. The lowest BCUT2D eigenvalue weighted by Gasteiger charge is -2.28. The van der Waals surface area contributed by atoms with Gasteiger partial charge in [-0.05, 0) is 16.7 Å². The molecule has 1 heteroatoms. The van der Waals surface area contributed by atoms with Crippen molar-refractivity contribution in [3.8, 4) is 6.07 Å². The summed E-state index contributed by atoms with van der Waals surface area (Å²) in [6.45, 7) is 0. The average Bonchev–Trinajstić information content (AvgIpc) is 2.59. The standard InChI is InChI=1S/C20H15N/c21-16-20(17-10-4-1-5-11-17,18-12-6-2-7-13-18)19-14-8-3-9-15-19/h1-15H. The smallest absolute Gasteiger partial charge is 0.132 e. The maximum absolute atomic E-state index is 10.1. The zero-order chi connectivity index (χ0) is 14.5. The van der Waals surface area contributed by atoms with Gasteiger partial charge in [0.25, 0.3) is 0 Å². The molecule has 0 spiro atoms. The summed E-state index contributed by atoms with van der Waals surface area (Å²) in [5.41, 5.74) is 2.20. The predicted molar refractivity (Wildman–Crippen MR) is 84.8 cm³/mol. The van der Waals surface area contributed by atoms with E-state index in [0.29, 0.717) is 0 Å². The minimum Gasteiger partial charge on any atom is -0.197 e. The van der Waals surface area contributed by atoms with Crippen molar-refractivity contribution in [1.29, 1.82) is 5.26 Å². The Labute approximate surface area is 125 Å². The van der Waals surface area contributed by atoms with Gasteiger partial charge in [-0.25, -0.2) is 0 Å². The lowest BCUT2D eigenvalue weighted by atomic mass is 9.71. The molecule has 1 nitrogen and oxygen atoms in total. The van der Waals surface area contributed by atoms with E-state index >= 15 is 0 Å². The van der Waals surface area contributed by atoms with Crippen molar-refractivity contribution >= 4 is 0 Å². The maximum atomic E-state index is 10.1. The van der Waals surface area contributed by atoms with E-state index < -0.39 is 5.41 Å². The van der Waals surface area contributed by atoms with Crippen LogP contribution in [0.4, 0.5) is 0 Å². The fraction of sp³-hybridized carbons (Fsp3) is 0.0500. The third-order valence-corrected chi connectivity index (χ3v) is 3.79. The molecule has 0 amide bonds. The molecule has 100 valence electrons. The van der Waals surface area contributed by atoms with Crippen LogP contribution < -0.4 is 0 Å². The van der Waals surface area contributed by atoms with Gasteiger partial charge in [0.2, 0.25) is 0 Å². The monoisotopic (exact) mass is 269 g/mol. The molecule has 0 radical (unpaired) electrons. The van der Waals surface area contributed by atoms with Crippen LogP contribution in [-0.4, -0.2) is 0 Å². The second kappa shape index (κ2) is 5.64. The highest BCUT2D eigenvalue weighted by atomic mass is 14.4. The predicted octanol–water partition coefficient (Wildman–Crippen LogP) is 4.54. The van der Waals surface area contributed by atoms with Crippen LogP contribution in [0.2, 0.25) is 0 Å². The normalized spacial score (nSPS) is 10.8. The number of hydrogen-bond donors (Lipinski definition) is 0. The maximum Gasteiger partial charge on any atom is 0.132 e. The molecule has 3 rings (SSSR count). The van der Waals surface area contributed by atoms with Crippen molar-refractivity contribution in [2.45, 2.75) is 5.41 Å². The summed E-state index contributed by atoms with van der Waals surface area (Å²) < 4.78 is 0. The summed E-state index contributed by atoms with van der Waals surface area (Å²) in [5, 5.41) is 10.1. The number of nitrogens with zero attached hydrogens (tertiary/aromatic N) is 1. The number of hydrogen-bond acceptors (Lipinski definition) is 1. The van der Waals surface area contributed by atoms with Crippen molar-refractivity contribution in [2.24, 2.45) is 0 Å². The quantitative estimate of drug-likeness (QED) is 0.640. The molecule has 0 N–H and O–H groups in total. The molecule has 0 aliphatic rings. The van der Waals surface area contributed by atoms with Gasteiger partial charge in [-0.1, -0.05) is 91.0 Å². The van der Waals surface area contributed by atoms with E-state index in [2.05, 4.69) is 6.07 Å². The lowest BCUT2D eigenvalue weighted by Crippen LogP contribution is -2.27. The van der Waals surface area contributed by atoms with Crippen LogP contribution in [0.1, 0.15) is 16.7 Å². The summed E-state index contributed by atoms with van der Waals surface area (Å²) in [7, 11) is 0. The zero-order valence-corrected chi connectivity index (χ0v) is 11.6. The molecule has 21 heavy (non-hydrogen) atoms. The lowest BCUT2D eigenvalue weighted by molar-refractivity contribution is 0.795. The molecule has 0 unspecified atom stereocenters. The van der Waals surface area contributed by atoms with E-state index in [0.717, 1.165) is 16.7 Å². The SMILES string of the molecule is N#CC(c1ccccc1)(c1ccccc1)c1ccccc1. The Balaban J connectivity index is 2.32. The van der Waals surface area contributed by atoms with Crippen molar-refractivity contribution in [1.82, 2.24) is 0 Å². The second-order valence-electron chi connectivity index (χ2n) is 4.96. The van der Waals surface area contributed by atoms with E-state index in [1.807, 2.05) is 91.0 Å². The Kier molecular flexibility index (Phi) is 3.53. The minimum atomic E-state index is -0.774.